The Hall–Kier alpha value is -1.24. The molecule has 3 rings (SSSR count). The predicted octanol–water partition coefficient (Wildman–Crippen LogP) is 6.38. The van der Waals surface area contributed by atoms with Crippen molar-refractivity contribution in [2.24, 2.45) is 5.92 Å². The molecule has 126 valence electrons. The van der Waals surface area contributed by atoms with Gasteiger partial charge in [0.2, 0.25) is 0 Å². The standard InChI is InChI=1S/C22H32O/c1-7-12-21(3,4)16-9-10-17-18-13-15(2)8-11-19(18)22(5,6)23-20(17)14-16/h8-10,14,18-19H,7,11-13H2,1-6H3/t18-,19+/m1/s1. The van der Waals surface area contributed by atoms with E-state index in [1.165, 1.54) is 36.0 Å². The van der Waals surface area contributed by atoms with Crippen LogP contribution in [0.1, 0.15) is 84.3 Å². The van der Waals surface area contributed by atoms with Crippen LogP contribution in [0.2, 0.25) is 0 Å². The minimum Gasteiger partial charge on any atom is -0.487 e. The summed E-state index contributed by atoms with van der Waals surface area (Å²) in [6.45, 7) is 13.8. The normalized spacial score (nSPS) is 25.9. The van der Waals surface area contributed by atoms with Crippen LogP contribution in [0.4, 0.5) is 0 Å². The summed E-state index contributed by atoms with van der Waals surface area (Å²) < 4.78 is 6.51. The smallest absolute Gasteiger partial charge is 0.123 e. The zero-order chi connectivity index (χ0) is 16.8. The quantitative estimate of drug-likeness (QED) is 0.589. The lowest BCUT2D eigenvalue weighted by molar-refractivity contribution is 0.00837. The van der Waals surface area contributed by atoms with E-state index in [2.05, 4.69) is 65.8 Å². The van der Waals surface area contributed by atoms with Crippen molar-refractivity contribution in [3.05, 3.63) is 41.0 Å². The van der Waals surface area contributed by atoms with Crippen LogP contribution in [0.15, 0.2) is 29.8 Å². The number of hydrogen-bond donors (Lipinski definition) is 0. The average Bonchev–Trinajstić information content (AvgIpc) is 2.45. The van der Waals surface area contributed by atoms with E-state index in [-0.39, 0.29) is 11.0 Å². The first-order chi connectivity index (χ1) is 10.7. The van der Waals surface area contributed by atoms with Gasteiger partial charge in [-0.15, -0.1) is 0 Å². The lowest BCUT2D eigenvalue weighted by Crippen LogP contribution is -2.45. The Morgan fingerprint density at radius 2 is 2.00 bits per heavy atom. The summed E-state index contributed by atoms with van der Waals surface area (Å²) in [5.41, 5.74) is 4.51. The van der Waals surface area contributed by atoms with Gasteiger partial charge < -0.3 is 4.74 Å². The van der Waals surface area contributed by atoms with E-state index < -0.39 is 0 Å². The molecular weight excluding hydrogens is 280 g/mol. The van der Waals surface area contributed by atoms with Crippen LogP contribution in [-0.2, 0) is 5.41 Å². The Morgan fingerprint density at radius 3 is 2.70 bits per heavy atom. The van der Waals surface area contributed by atoms with Crippen molar-refractivity contribution >= 4 is 0 Å². The van der Waals surface area contributed by atoms with Crippen molar-refractivity contribution in [2.45, 2.75) is 84.2 Å². The van der Waals surface area contributed by atoms with Gasteiger partial charge in [-0.2, -0.15) is 0 Å². The molecule has 0 aromatic heterocycles. The average molecular weight is 312 g/mol. The number of ether oxygens (including phenoxy) is 1. The second-order valence-electron chi connectivity index (χ2n) is 8.80. The van der Waals surface area contributed by atoms with Gasteiger partial charge in [0, 0.05) is 5.92 Å². The van der Waals surface area contributed by atoms with Gasteiger partial charge in [-0.1, -0.05) is 51.0 Å². The third-order valence-corrected chi connectivity index (χ3v) is 6.08. The Kier molecular flexibility index (Phi) is 4.11. The first kappa shape index (κ1) is 16.6. The maximum atomic E-state index is 6.51. The molecule has 1 aromatic rings. The van der Waals surface area contributed by atoms with Crippen molar-refractivity contribution in [2.75, 3.05) is 0 Å². The number of benzene rings is 1. The first-order valence-corrected chi connectivity index (χ1v) is 9.23. The van der Waals surface area contributed by atoms with Crippen molar-refractivity contribution in [1.82, 2.24) is 0 Å². The zero-order valence-corrected chi connectivity index (χ0v) is 15.7. The molecule has 1 aliphatic carbocycles. The van der Waals surface area contributed by atoms with Crippen LogP contribution >= 0.6 is 0 Å². The third kappa shape index (κ3) is 2.95. The fraction of sp³-hybridized carbons (Fsp3) is 0.636. The highest BCUT2D eigenvalue weighted by Gasteiger charge is 2.44. The second-order valence-corrected chi connectivity index (χ2v) is 8.80. The van der Waals surface area contributed by atoms with Crippen LogP contribution in [0.25, 0.3) is 0 Å². The Bertz CT molecular complexity index is 621. The van der Waals surface area contributed by atoms with Crippen LogP contribution in [0.5, 0.6) is 5.75 Å². The molecule has 1 aromatic carbocycles. The molecule has 0 bridgehead atoms. The highest BCUT2D eigenvalue weighted by atomic mass is 16.5. The minimum absolute atomic E-state index is 0.0810. The lowest BCUT2D eigenvalue weighted by Gasteiger charge is -2.47. The lowest BCUT2D eigenvalue weighted by atomic mass is 9.67. The van der Waals surface area contributed by atoms with Gasteiger partial charge in [-0.3, -0.25) is 0 Å². The fourth-order valence-corrected chi connectivity index (χ4v) is 4.64. The van der Waals surface area contributed by atoms with E-state index >= 15 is 0 Å². The molecule has 0 saturated heterocycles. The Labute approximate surface area is 142 Å². The molecule has 1 aliphatic heterocycles. The summed E-state index contributed by atoms with van der Waals surface area (Å²) in [4.78, 5) is 0. The second kappa shape index (κ2) is 5.69. The SMILES string of the molecule is CCCC(C)(C)c1ccc2c(c1)OC(C)(C)[C@H]1CC=C(C)C[C@H]21. The van der Waals surface area contributed by atoms with E-state index in [4.69, 9.17) is 4.74 Å². The molecule has 0 unspecified atom stereocenters. The number of allylic oxidation sites excluding steroid dienone is 2. The Balaban J connectivity index is 2.02. The first-order valence-electron chi connectivity index (χ1n) is 9.23. The molecule has 0 saturated carbocycles. The van der Waals surface area contributed by atoms with Crippen LogP contribution in [0.3, 0.4) is 0 Å². The zero-order valence-electron chi connectivity index (χ0n) is 15.7. The molecule has 0 N–H and O–H groups in total. The van der Waals surface area contributed by atoms with Crippen LogP contribution in [0, 0.1) is 5.92 Å². The predicted molar refractivity (Wildman–Crippen MR) is 98.3 cm³/mol. The number of fused-ring (bicyclic) bond motifs is 3. The summed E-state index contributed by atoms with van der Waals surface area (Å²) >= 11 is 0. The monoisotopic (exact) mass is 312 g/mol. The van der Waals surface area contributed by atoms with Gasteiger partial charge in [0.1, 0.15) is 11.4 Å². The molecule has 2 aliphatic rings. The maximum absolute atomic E-state index is 6.51. The topological polar surface area (TPSA) is 9.23 Å². The largest absolute Gasteiger partial charge is 0.487 e. The molecular formula is C22H32O. The van der Waals surface area contributed by atoms with Crippen LogP contribution < -0.4 is 4.74 Å². The van der Waals surface area contributed by atoms with E-state index in [0.717, 1.165) is 12.2 Å². The molecule has 0 amide bonds. The summed E-state index contributed by atoms with van der Waals surface area (Å²) in [6.07, 6.45) is 7.17. The van der Waals surface area contributed by atoms with Crippen LogP contribution in [-0.4, -0.2) is 5.60 Å². The molecule has 1 heteroatoms. The number of hydrogen-bond acceptors (Lipinski definition) is 1. The molecule has 1 nitrogen and oxygen atoms in total. The summed E-state index contributed by atoms with van der Waals surface area (Å²) in [5, 5.41) is 0. The third-order valence-electron chi connectivity index (χ3n) is 6.08. The maximum Gasteiger partial charge on any atom is 0.123 e. The number of rotatable bonds is 3. The molecule has 0 spiro atoms. The van der Waals surface area contributed by atoms with E-state index in [9.17, 15) is 0 Å². The van der Waals surface area contributed by atoms with Crippen molar-refractivity contribution in [3.8, 4) is 5.75 Å². The minimum atomic E-state index is -0.0810. The van der Waals surface area contributed by atoms with Gasteiger partial charge in [-0.05, 0) is 68.6 Å². The van der Waals surface area contributed by atoms with Gasteiger partial charge in [-0.25, -0.2) is 0 Å². The molecule has 23 heavy (non-hydrogen) atoms. The Morgan fingerprint density at radius 1 is 1.26 bits per heavy atom. The van der Waals surface area contributed by atoms with E-state index in [1.54, 1.807) is 0 Å². The summed E-state index contributed by atoms with van der Waals surface area (Å²) in [5.74, 6) is 2.34. The highest BCUT2D eigenvalue weighted by molar-refractivity contribution is 5.46. The highest BCUT2D eigenvalue weighted by Crippen LogP contribution is 2.51. The molecule has 1 heterocycles. The van der Waals surface area contributed by atoms with Gasteiger partial charge in [0.15, 0.2) is 0 Å². The van der Waals surface area contributed by atoms with Crippen molar-refractivity contribution in [3.63, 3.8) is 0 Å². The molecule has 0 radical (unpaired) electrons. The fourth-order valence-electron chi connectivity index (χ4n) is 4.64. The summed E-state index contributed by atoms with van der Waals surface area (Å²) in [7, 11) is 0. The van der Waals surface area contributed by atoms with Gasteiger partial charge >= 0.3 is 0 Å². The van der Waals surface area contributed by atoms with Crippen molar-refractivity contribution < 1.29 is 4.74 Å². The van der Waals surface area contributed by atoms with Gasteiger partial charge in [0.05, 0.1) is 0 Å². The van der Waals surface area contributed by atoms with E-state index in [0.29, 0.717) is 11.8 Å². The molecule has 2 atom stereocenters. The summed E-state index contributed by atoms with van der Waals surface area (Å²) in [6, 6.07) is 7.03. The van der Waals surface area contributed by atoms with Gasteiger partial charge in [0.25, 0.3) is 0 Å². The molecule has 0 fully saturated rings. The van der Waals surface area contributed by atoms with Crippen molar-refractivity contribution in [1.29, 1.82) is 0 Å². The van der Waals surface area contributed by atoms with E-state index in [1.807, 2.05) is 0 Å².